The van der Waals surface area contributed by atoms with Crippen LogP contribution in [-0.4, -0.2) is 16.0 Å². The highest BCUT2D eigenvalue weighted by Gasteiger charge is 2.10. The fraction of sp³-hybridized carbons (Fsp3) is 0.333. The minimum atomic E-state index is -0.407. The molecule has 0 amide bonds. The number of aromatic nitrogens is 2. The first-order valence-corrected chi connectivity index (χ1v) is 4.23. The third-order valence-corrected chi connectivity index (χ3v) is 1.96. The van der Waals surface area contributed by atoms with Crippen LogP contribution in [0.25, 0.3) is 0 Å². The van der Waals surface area contributed by atoms with Gasteiger partial charge in [-0.25, -0.2) is 14.4 Å². The molecule has 0 radical (unpaired) electrons. The summed E-state index contributed by atoms with van der Waals surface area (Å²) in [7, 11) is 0. The summed E-state index contributed by atoms with van der Waals surface area (Å²) in [6.45, 7) is 0. The van der Waals surface area contributed by atoms with Gasteiger partial charge in [-0.3, -0.25) is 0 Å². The van der Waals surface area contributed by atoms with Gasteiger partial charge >= 0.3 is 0 Å². The maximum atomic E-state index is 12.4. The zero-order valence-electron chi connectivity index (χ0n) is 7.07. The minimum Gasteiger partial charge on any atom is -0.351 e. The first-order chi connectivity index (χ1) is 6.34. The summed E-state index contributed by atoms with van der Waals surface area (Å²) in [6, 6.07) is 0.366. The summed E-state index contributed by atoms with van der Waals surface area (Å²) in [5.74, 6) is 0.0881. The molecule has 3 nitrogen and oxygen atoms in total. The molecule has 1 aromatic rings. The molecule has 0 aromatic carbocycles. The summed E-state index contributed by atoms with van der Waals surface area (Å²) >= 11 is 0. The number of rotatable bonds is 2. The zero-order valence-corrected chi connectivity index (χ0v) is 7.07. The van der Waals surface area contributed by atoms with Crippen molar-refractivity contribution < 1.29 is 4.39 Å². The predicted octanol–water partition coefficient (Wildman–Crippen LogP) is 1.75. The van der Waals surface area contributed by atoms with Crippen molar-refractivity contribution in [1.29, 1.82) is 0 Å². The molecule has 1 aliphatic rings. The molecule has 0 unspecified atom stereocenters. The Balaban J connectivity index is 1.97. The molecule has 0 aliphatic heterocycles. The molecule has 68 valence electrons. The summed E-state index contributed by atoms with van der Waals surface area (Å²) in [6.07, 6.45) is 8.53. The average molecular weight is 179 g/mol. The molecule has 13 heavy (non-hydrogen) atoms. The Labute approximate surface area is 75.7 Å². The van der Waals surface area contributed by atoms with Crippen LogP contribution in [0.15, 0.2) is 24.5 Å². The minimum absolute atomic E-state index is 0.366. The van der Waals surface area contributed by atoms with Crippen LogP contribution in [0.2, 0.25) is 0 Å². The fourth-order valence-electron chi connectivity index (χ4n) is 1.30. The van der Waals surface area contributed by atoms with E-state index in [9.17, 15) is 4.39 Å². The standard InChI is InChI=1S/C9H10FN3/c10-7-5-11-9(12-6-7)13-8-3-1-2-4-8/h1-2,5-6,8H,3-4H2,(H,11,12,13). The van der Waals surface area contributed by atoms with Crippen molar-refractivity contribution in [3.05, 3.63) is 30.4 Å². The van der Waals surface area contributed by atoms with E-state index in [0.717, 1.165) is 25.2 Å². The lowest BCUT2D eigenvalue weighted by atomic mass is 10.2. The van der Waals surface area contributed by atoms with Gasteiger partial charge in [0.15, 0.2) is 5.82 Å². The maximum absolute atomic E-state index is 12.4. The van der Waals surface area contributed by atoms with Gasteiger partial charge in [0.25, 0.3) is 0 Å². The Morgan fingerprint density at radius 1 is 1.23 bits per heavy atom. The van der Waals surface area contributed by atoms with Crippen LogP contribution in [0.5, 0.6) is 0 Å². The molecule has 4 heteroatoms. The van der Waals surface area contributed by atoms with Crippen LogP contribution in [0.1, 0.15) is 12.8 Å². The van der Waals surface area contributed by atoms with Gasteiger partial charge in [-0.2, -0.15) is 0 Å². The molecule has 1 N–H and O–H groups in total. The second-order valence-electron chi connectivity index (χ2n) is 3.01. The van der Waals surface area contributed by atoms with Gasteiger partial charge in [0.05, 0.1) is 12.4 Å². The van der Waals surface area contributed by atoms with E-state index in [2.05, 4.69) is 27.4 Å². The Morgan fingerprint density at radius 2 is 1.85 bits per heavy atom. The molecule has 1 aliphatic carbocycles. The van der Waals surface area contributed by atoms with Gasteiger partial charge in [0, 0.05) is 6.04 Å². The quantitative estimate of drug-likeness (QED) is 0.703. The molecule has 0 saturated carbocycles. The van der Waals surface area contributed by atoms with Crippen LogP contribution < -0.4 is 5.32 Å². The molecular formula is C9H10FN3. The number of nitrogens with zero attached hydrogens (tertiary/aromatic N) is 2. The molecule has 0 bridgehead atoms. The van der Waals surface area contributed by atoms with Gasteiger partial charge in [-0.05, 0) is 12.8 Å². The van der Waals surface area contributed by atoms with Crippen molar-refractivity contribution in [2.75, 3.05) is 5.32 Å². The molecule has 2 rings (SSSR count). The van der Waals surface area contributed by atoms with Crippen LogP contribution >= 0.6 is 0 Å². The van der Waals surface area contributed by atoms with Crippen LogP contribution in [0.3, 0.4) is 0 Å². The van der Waals surface area contributed by atoms with Gasteiger partial charge in [0.2, 0.25) is 5.95 Å². The number of nitrogens with one attached hydrogen (secondary N) is 1. The van der Waals surface area contributed by atoms with E-state index < -0.39 is 5.82 Å². The van der Waals surface area contributed by atoms with Crippen LogP contribution in [0, 0.1) is 5.82 Å². The molecular weight excluding hydrogens is 169 g/mol. The SMILES string of the molecule is Fc1cnc(NC2CC=CC2)nc1. The van der Waals surface area contributed by atoms with Gasteiger partial charge in [-0.1, -0.05) is 12.2 Å². The Hall–Kier alpha value is -1.45. The molecule has 0 fully saturated rings. The highest BCUT2D eigenvalue weighted by atomic mass is 19.1. The number of halogens is 1. The van der Waals surface area contributed by atoms with Crippen molar-refractivity contribution in [2.45, 2.75) is 18.9 Å². The summed E-state index contributed by atoms with van der Waals surface area (Å²) < 4.78 is 12.4. The van der Waals surface area contributed by atoms with E-state index in [1.54, 1.807) is 0 Å². The zero-order chi connectivity index (χ0) is 9.10. The van der Waals surface area contributed by atoms with Crippen molar-refractivity contribution >= 4 is 5.95 Å². The van der Waals surface area contributed by atoms with E-state index in [4.69, 9.17) is 0 Å². The van der Waals surface area contributed by atoms with E-state index in [1.807, 2.05) is 0 Å². The van der Waals surface area contributed by atoms with E-state index in [1.165, 1.54) is 0 Å². The maximum Gasteiger partial charge on any atom is 0.223 e. The largest absolute Gasteiger partial charge is 0.351 e. The molecule has 1 aromatic heterocycles. The van der Waals surface area contributed by atoms with Crippen molar-refractivity contribution in [1.82, 2.24) is 9.97 Å². The van der Waals surface area contributed by atoms with Gasteiger partial charge < -0.3 is 5.32 Å². The van der Waals surface area contributed by atoms with E-state index in [-0.39, 0.29) is 0 Å². The van der Waals surface area contributed by atoms with E-state index in [0.29, 0.717) is 12.0 Å². The third kappa shape index (κ3) is 2.02. The van der Waals surface area contributed by atoms with Gasteiger partial charge in [-0.15, -0.1) is 0 Å². The number of hydrogen-bond acceptors (Lipinski definition) is 3. The van der Waals surface area contributed by atoms with Crippen LogP contribution in [-0.2, 0) is 0 Å². The topological polar surface area (TPSA) is 37.8 Å². The Kier molecular flexibility index (Phi) is 2.21. The van der Waals surface area contributed by atoms with Gasteiger partial charge in [0.1, 0.15) is 0 Å². The molecule has 1 heterocycles. The monoisotopic (exact) mass is 179 g/mol. The first-order valence-electron chi connectivity index (χ1n) is 4.23. The highest BCUT2D eigenvalue weighted by Crippen LogP contribution is 2.13. The third-order valence-electron chi connectivity index (χ3n) is 1.96. The molecule has 0 atom stereocenters. The second kappa shape index (κ2) is 3.51. The second-order valence-corrected chi connectivity index (χ2v) is 3.01. The normalized spacial score (nSPS) is 16.4. The lowest BCUT2D eigenvalue weighted by molar-refractivity contribution is 0.613. The van der Waals surface area contributed by atoms with Crippen LogP contribution in [0.4, 0.5) is 10.3 Å². The van der Waals surface area contributed by atoms with E-state index >= 15 is 0 Å². The fourth-order valence-corrected chi connectivity index (χ4v) is 1.30. The first kappa shape index (κ1) is 8.16. The summed E-state index contributed by atoms with van der Waals surface area (Å²) in [5.41, 5.74) is 0. The summed E-state index contributed by atoms with van der Waals surface area (Å²) in [5, 5.41) is 3.12. The lowest BCUT2D eigenvalue weighted by Gasteiger charge is -2.10. The molecule has 0 saturated heterocycles. The van der Waals surface area contributed by atoms with Crippen molar-refractivity contribution in [3.63, 3.8) is 0 Å². The summed E-state index contributed by atoms with van der Waals surface area (Å²) in [4.78, 5) is 7.63. The number of hydrogen-bond donors (Lipinski definition) is 1. The Bertz CT molecular complexity index is 299. The predicted molar refractivity (Wildman–Crippen MR) is 47.8 cm³/mol. The average Bonchev–Trinajstić information content (AvgIpc) is 2.62. The van der Waals surface area contributed by atoms with Crippen molar-refractivity contribution in [3.8, 4) is 0 Å². The number of anilines is 1. The highest BCUT2D eigenvalue weighted by molar-refractivity contribution is 5.26. The smallest absolute Gasteiger partial charge is 0.223 e. The van der Waals surface area contributed by atoms with Crippen molar-refractivity contribution in [2.24, 2.45) is 0 Å². The Morgan fingerprint density at radius 3 is 2.46 bits per heavy atom. The molecule has 0 spiro atoms. The lowest BCUT2D eigenvalue weighted by Crippen LogP contribution is -2.16.